The Labute approximate surface area is 114 Å². The molecule has 0 atom stereocenters. The Morgan fingerprint density at radius 3 is 2.76 bits per heavy atom. The largest absolute Gasteiger partial charge is 0.347 e. The minimum Gasteiger partial charge on any atom is -0.347 e. The molecule has 1 aromatic rings. The fourth-order valence-corrected chi connectivity index (χ4v) is 4.47. The number of aromatic nitrogens is 1. The molecule has 17 heavy (non-hydrogen) atoms. The lowest BCUT2D eigenvalue weighted by molar-refractivity contribution is 0.597. The molecule has 1 saturated heterocycles. The Kier molecular flexibility index (Phi) is 4.18. The standard InChI is InChI=1S/C9H12Cl2N2O2S2/c10-6-7-8(11)12-9(16-7)13-2-1-4-17(14,15)5-3-13/h1-6H2. The first-order valence-corrected chi connectivity index (χ1v) is 8.73. The number of rotatable bonds is 2. The first-order valence-electron chi connectivity index (χ1n) is 5.18. The van der Waals surface area contributed by atoms with Gasteiger partial charge in [-0.3, -0.25) is 0 Å². The minimum atomic E-state index is -2.89. The molecule has 1 aromatic heterocycles. The highest BCUT2D eigenvalue weighted by molar-refractivity contribution is 7.91. The van der Waals surface area contributed by atoms with Gasteiger partial charge >= 0.3 is 0 Å². The van der Waals surface area contributed by atoms with E-state index in [2.05, 4.69) is 4.98 Å². The molecule has 8 heteroatoms. The van der Waals surface area contributed by atoms with Gasteiger partial charge in [0.15, 0.2) is 15.0 Å². The Bertz CT molecular complexity index is 501. The fourth-order valence-electron chi connectivity index (χ4n) is 1.67. The van der Waals surface area contributed by atoms with Crippen molar-refractivity contribution in [1.29, 1.82) is 0 Å². The second kappa shape index (κ2) is 5.30. The predicted octanol–water partition coefficient (Wildman–Crippen LogP) is 2.16. The van der Waals surface area contributed by atoms with Crippen molar-refractivity contribution in [1.82, 2.24) is 4.98 Å². The number of anilines is 1. The highest BCUT2D eigenvalue weighted by Gasteiger charge is 2.22. The smallest absolute Gasteiger partial charge is 0.187 e. The summed E-state index contributed by atoms with van der Waals surface area (Å²) in [6, 6.07) is 0. The van der Waals surface area contributed by atoms with E-state index in [-0.39, 0.29) is 11.5 Å². The SMILES string of the molecule is O=S1(=O)CCCN(c2nc(Cl)c(CCl)s2)CC1. The van der Waals surface area contributed by atoms with Crippen LogP contribution in [0.3, 0.4) is 0 Å². The highest BCUT2D eigenvalue weighted by atomic mass is 35.5. The van der Waals surface area contributed by atoms with Crippen LogP contribution < -0.4 is 4.90 Å². The molecule has 4 nitrogen and oxygen atoms in total. The summed E-state index contributed by atoms with van der Waals surface area (Å²) < 4.78 is 23.0. The summed E-state index contributed by atoms with van der Waals surface area (Å²) in [5, 5.41) is 1.19. The molecule has 2 heterocycles. The monoisotopic (exact) mass is 314 g/mol. The number of sulfone groups is 1. The molecule has 0 radical (unpaired) electrons. The molecule has 1 aliphatic heterocycles. The van der Waals surface area contributed by atoms with Crippen molar-refractivity contribution in [2.75, 3.05) is 29.5 Å². The lowest BCUT2D eigenvalue weighted by Gasteiger charge is -2.17. The lowest BCUT2D eigenvalue weighted by atomic mass is 10.4. The summed E-state index contributed by atoms with van der Waals surface area (Å²) in [6.45, 7) is 1.18. The van der Waals surface area contributed by atoms with E-state index in [0.29, 0.717) is 30.5 Å². The maximum atomic E-state index is 11.5. The Morgan fingerprint density at radius 1 is 1.35 bits per heavy atom. The van der Waals surface area contributed by atoms with Crippen LogP contribution in [0, 0.1) is 0 Å². The molecule has 0 aromatic carbocycles. The topological polar surface area (TPSA) is 50.3 Å². The average Bonchev–Trinajstić information content (AvgIpc) is 2.54. The van der Waals surface area contributed by atoms with Gasteiger partial charge in [-0.15, -0.1) is 11.6 Å². The van der Waals surface area contributed by atoms with Gasteiger partial charge in [-0.1, -0.05) is 22.9 Å². The summed E-state index contributed by atoms with van der Waals surface area (Å²) in [4.78, 5) is 7.02. The van der Waals surface area contributed by atoms with Crippen molar-refractivity contribution in [3.63, 3.8) is 0 Å². The molecule has 1 aliphatic rings. The molecule has 0 N–H and O–H groups in total. The normalized spacial score (nSPS) is 20.2. The van der Waals surface area contributed by atoms with Crippen molar-refractivity contribution >= 4 is 49.5 Å². The van der Waals surface area contributed by atoms with Gasteiger partial charge in [-0.2, -0.15) is 0 Å². The second-order valence-electron chi connectivity index (χ2n) is 3.84. The zero-order valence-electron chi connectivity index (χ0n) is 9.03. The van der Waals surface area contributed by atoms with Crippen molar-refractivity contribution < 1.29 is 8.42 Å². The van der Waals surface area contributed by atoms with Crippen LogP contribution in [0.2, 0.25) is 5.15 Å². The Morgan fingerprint density at radius 2 is 2.12 bits per heavy atom. The third kappa shape index (κ3) is 3.24. The summed E-state index contributed by atoms with van der Waals surface area (Å²) in [7, 11) is -2.89. The van der Waals surface area contributed by atoms with Crippen LogP contribution >= 0.6 is 34.5 Å². The van der Waals surface area contributed by atoms with Crippen LogP contribution in [-0.4, -0.2) is 38.0 Å². The van der Waals surface area contributed by atoms with Crippen molar-refractivity contribution in [2.24, 2.45) is 0 Å². The van der Waals surface area contributed by atoms with E-state index in [1.807, 2.05) is 4.90 Å². The van der Waals surface area contributed by atoms with E-state index in [1.54, 1.807) is 0 Å². The van der Waals surface area contributed by atoms with Crippen LogP contribution in [-0.2, 0) is 15.7 Å². The quantitative estimate of drug-likeness (QED) is 0.785. The molecule has 96 valence electrons. The van der Waals surface area contributed by atoms with Gasteiger partial charge in [0.25, 0.3) is 0 Å². The van der Waals surface area contributed by atoms with E-state index in [1.165, 1.54) is 11.3 Å². The molecule has 0 amide bonds. The number of hydrogen-bond acceptors (Lipinski definition) is 5. The van der Waals surface area contributed by atoms with Crippen LogP contribution in [0.4, 0.5) is 5.13 Å². The van der Waals surface area contributed by atoms with Gasteiger partial charge in [0.2, 0.25) is 0 Å². The molecule has 0 spiro atoms. The van der Waals surface area contributed by atoms with Gasteiger partial charge in [-0.05, 0) is 6.42 Å². The van der Waals surface area contributed by atoms with Gasteiger partial charge in [0, 0.05) is 13.1 Å². The van der Waals surface area contributed by atoms with Crippen LogP contribution in [0.25, 0.3) is 0 Å². The number of halogens is 2. The Balaban J connectivity index is 2.16. The maximum Gasteiger partial charge on any atom is 0.187 e. The van der Waals surface area contributed by atoms with Gasteiger partial charge in [0.1, 0.15) is 5.15 Å². The van der Waals surface area contributed by atoms with Crippen LogP contribution in [0.5, 0.6) is 0 Å². The summed E-state index contributed by atoms with van der Waals surface area (Å²) in [6.07, 6.45) is 0.635. The van der Waals surface area contributed by atoms with E-state index in [4.69, 9.17) is 23.2 Å². The van der Waals surface area contributed by atoms with Gasteiger partial charge < -0.3 is 4.90 Å². The second-order valence-corrected chi connectivity index (χ2v) is 7.83. The molecule has 0 bridgehead atoms. The molecule has 1 fully saturated rings. The molecule has 0 saturated carbocycles. The molecule has 0 unspecified atom stereocenters. The highest BCUT2D eigenvalue weighted by Crippen LogP contribution is 2.31. The molecule has 2 rings (SSSR count). The van der Waals surface area contributed by atoms with Crippen LogP contribution in [0.15, 0.2) is 0 Å². The van der Waals surface area contributed by atoms with Gasteiger partial charge in [-0.25, -0.2) is 13.4 Å². The number of nitrogens with zero attached hydrogens (tertiary/aromatic N) is 2. The van der Waals surface area contributed by atoms with E-state index >= 15 is 0 Å². The number of alkyl halides is 1. The zero-order valence-corrected chi connectivity index (χ0v) is 12.2. The zero-order chi connectivity index (χ0) is 12.5. The average molecular weight is 315 g/mol. The Hall–Kier alpha value is -0.0400. The summed E-state index contributed by atoms with van der Waals surface area (Å²) >= 11 is 13.1. The molecular weight excluding hydrogens is 303 g/mol. The van der Waals surface area contributed by atoms with E-state index < -0.39 is 9.84 Å². The first-order chi connectivity index (χ1) is 8.02. The first kappa shape index (κ1) is 13.4. The third-order valence-electron chi connectivity index (χ3n) is 2.59. The fraction of sp³-hybridized carbons (Fsp3) is 0.667. The van der Waals surface area contributed by atoms with Gasteiger partial charge in [0.05, 0.1) is 22.3 Å². The third-order valence-corrected chi connectivity index (χ3v) is 6.27. The molecule has 0 aliphatic carbocycles. The minimum absolute atomic E-state index is 0.181. The maximum absolute atomic E-state index is 11.5. The lowest BCUT2D eigenvalue weighted by Crippen LogP contribution is -2.26. The number of hydrogen-bond donors (Lipinski definition) is 0. The number of thiazole rings is 1. The van der Waals surface area contributed by atoms with Crippen LogP contribution in [0.1, 0.15) is 11.3 Å². The summed E-state index contributed by atoms with van der Waals surface area (Å²) in [5.74, 6) is 0.772. The van der Waals surface area contributed by atoms with E-state index in [0.717, 1.165) is 10.0 Å². The van der Waals surface area contributed by atoms with Crippen molar-refractivity contribution in [3.8, 4) is 0 Å². The van der Waals surface area contributed by atoms with Crippen molar-refractivity contribution in [2.45, 2.75) is 12.3 Å². The van der Waals surface area contributed by atoms with Crippen molar-refractivity contribution in [3.05, 3.63) is 10.0 Å². The predicted molar refractivity (Wildman–Crippen MR) is 72.2 cm³/mol. The molecular formula is C9H12Cl2N2O2S2. The summed E-state index contributed by atoms with van der Waals surface area (Å²) in [5.41, 5.74) is 0. The van der Waals surface area contributed by atoms with E-state index in [9.17, 15) is 8.42 Å².